The first kappa shape index (κ1) is 14.3. The number of aryl methyl sites for hydroxylation is 2. The Hall–Kier alpha value is -1.66. The highest BCUT2D eigenvalue weighted by atomic mass is 79.9. The first-order valence-corrected chi connectivity index (χ1v) is 8.13. The molecule has 0 atom stereocenters. The first-order valence-electron chi connectivity index (χ1n) is 6.53. The summed E-state index contributed by atoms with van der Waals surface area (Å²) in [6.45, 7) is 3.92. The van der Waals surface area contributed by atoms with E-state index in [1.807, 2.05) is 38.1 Å². The Morgan fingerprint density at radius 2 is 2.05 bits per heavy atom. The lowest BCUT2D eigenvalue weighted by Gasteiger charge is -2.05. The van der Waals surface area contributed by atoms with Crippen LogP contribution in [-0.4, -0.2) is 20.5 Å². The second kappa shape index (κ2) is 5.27. The topological polar surface area (TPSA) is 54.6 Å². The van der Waals surface area contributed by atoms with E-state index in [1.54, 1.807) is 4.40 Å². The van der Waals surface area contributed by atoms with Crippen molar-refractivity contribution in [3.63, 3.8) is 0 Å². The molecule has 0 amide bonds. The van der Waals surface area contributed by atoms with Crippen molar-refractivity contribution in [1.82, 2.24) is 9.38 Å². The highest BCUT2D eigenvalue weighted by Crippen LogP contribution is 2.34. The molecule has 2 heterocycles. The molecule has 0 radical (unpaired) electrons. The molecule has 6 heteroatoms. The van der Waals surface area contributed by atoms with E-state index in [-0.39, 0.29) is 5.69 Å². The lowest BCUT2D eigenvalue weighted by atomic mass is 10.1. The molecule has 0 bridgehead atoms. The van der Waals surface area contributed by atoms with Crippen LogP contribution in [0.1, 0.15) is 28.0 Å². The standard InChI is InChI=1S/C15H13BrN2O2S/c1-3-11-13(14(19)20)18-12(8(2)21-15(18)17-11)9-4-6-10(16)7-5-9/h4-7H,3H2,1-2H3,(H,19,20). The number of carboxylic acid groups (broad SMARTS) is 1. The molecule has 1 aromatic carbocycles. The van der Waals surface area contributed by atoms with E-state index in [9.17, 15) is 9.90 Å². The van der Waals surface area contributed by atoms with E-state index in [0.29, 0.717) is 12.1 Å². The molecule has 0 saturated heterocycles. The number of aromatic nitrogens is 2. The third-order valence-corrected chi connectivity index (χ3v) is 4.86. The summed E-state index contributed by atoms with van der Waals surface area (Å²) >= 11 is 4.94. The van der Waals surface area contributed by atoms with Crippen molar-refractivity contribution >= 4 is 38.2 Å². The molecule has 3 aromatic rings. The third-order valence-electron chi connectivity index (χ3n) is 3.38. The molecule has 0 aliphatic rings. The van der Waals surface area contributed by atoms with Crippen LogP contribution in [0.15, 0.2) is 28.7 Å². The first-order chi connectivity index (χ1) is 10.0. The smallest absolute Gasteiger partial charge is 0.354 e. The average Bonchev–Trinajstić information content (AvgIpc) is 2.93. The Morgan fingerprint density at radius 1 is 1.38 bits per heavy atom. The zero-order valence-corrected chi connectivity index (χ0v) is 14.0. The monoisotopic (exact) mass is 364 g/mol. The SMILES string of the molecule is CCc1nc2sc(C)c(-c3ccc(Br)cc3)n2c1C(=O)O. The average molecular weight is 365 g/mol. The molecule has 3 rings (SSSR count). The lowest BCUT2D eigenvalue weighted by molar-refractivity contribution is 0.0688. The summed E-state index contributed by atoms with van der Waals surface area (Å²) in [7, 11) is 0. The van der Waals surface area contributed by atoms with Crippen molar-refractivity contribution in [2.45, 2.75) is 20.3 Å². The van der Waals surface area contributed by atoms with Crippen LogP contribution in [0.2, 0.25) is 0 Å². The van der Waals surface area contributed by atoms with Gasteiger partial charge in [-0.05, 0) is 31.0 Å². The van der Waals surface area contributed by atoms with Gasteiger partial charge in [0.15, 0.2) is 10.7 Å². The van der Waals surface area contributed by atoms with Gasteiger partial charge in [-0.2, -0.15) is 0 Å². The van der Waals surface area contributed by atoms with Gasteiger partial charge in [0.2, 0.25) is 0 Å². The zero-order valence-electron chi connectivity index (χ0n) is 11.6. The zero-order chi connectivity index (χ0) is 15.1. The Balaban J connectivity index is 2.36. The normalized spacial score (nSPS) is 11.2. The van der Waals surface area contributed by atoms with Crippen molar-refractivity contribution in [3.05, 3.63) is 45.0 Å². The largest absolute Gasteiger partial charge is 0.477 e. The molecule has 0 aliphatic carbocycles. The van der Waals surface area contributed by atoms with E-state index < -0.39 is 5.97 Å². The number of rotatable bonds is 3. The highest BCUT2D eigenvalue weighted by Gasteiger charge is 2.23. The van der Waals surface area contributed by atoms with Crippen molar-refractivity contribution in [2.75, 3.05) is 0 Å². The van der Waals surface area contributed by atoms with E-state index in [0.717, 1.165) is 25.6 Å². The quantitative estimate of drug-likeness (QED) is 0.749. The second-order valence-electron chi connectivity index (χ2n) is 4.70. The van der Waals surface area contributed by atoms with Gasteiger partial charge in [-0.3, -0.25) is 4.40 Å². The van der Waals surface area contributed by atoms with Gasteiger partial charge in [0.25, 0.3) is 0 Å². The number of nitrogens with zero attached hydrogens (tertiary/aromatic N) is 2. The number of hydrogen-bond donors (Lipinski definition) is 1. The summed E-state index contributed by atoms with van der Waals surface area (Å²) < 4.78 is 2.76. The van der Waals surface area contributed by atoms with Gasteiger partial charge in [-0.1, -0.05) is 35.0 Å². The number of imidazole rings is 1. The van der Waals surface area contributed by atoms with E-state index in [2.05, 4.69) is 20.9 Å². The number of carboxylic acids is 1. The molecule has 0 spiro atoms. The molecule has 0 fully saturated rings. The predicted molar refractivity (Wildman–Crippen MR) is 87.3 cm³/mol. The van der Waals surface area contributed by atoms with Crippen LogP contribution in [0.3, 0.4) is 0 Å². The summed E-state index contributed by atoms with van der Waals surface area (Å²) in [4.78, 5) is 17.9. The van der Waals surface area contributed by atoms with Gasteiger partial charge < -0.3 is 5.11 Å². The third kappa shape index (κ3) is 2.28. The maximum absolute atomic E-state index is 11.6. The van der Waals surface area contributed by atoms with Crippen molar-refractivity contribution in [2.24, 2.45) is 0 Å². The Kier molecular flexibility index (Phi) is 3.59. The van der Waals surface area contributed by atoms with E-state index in [1.165, 1.54) is 11.3 Å². The fourth-order valence-corrected chi connectivity index (χ4v) is 3.74. The highest BCUT2D eigenvalue weighted by molar-refractivity contribution is 9.10. The van der Waals surface area contributed by atoms with Crippen molar-refractivity contribution < 1.29 is 9.90 Å². The molecule has 0 aliphatic heterocycles. The fraction of sp³-hybridized carbons (Fsp3) is 0.200. The van der Waals surface area contributed by atoms with E-state index in [4.69, 9.17) is 0 Å². The predicted octanol–water partition coefficient (Wildman–Crippen LogP) is 4.39. The van der Waals surface area contributed by atoms with Gasteiger partial charge in [-0.15, -0.1) is 11.3 Å². The molecule has 0 saturated carbocycles. The molecular weight excluding hydrogens is 352 g/mol. The van der Waals surface area contributed by atoms with Crippen LogP contribution < -0.4 is 0 Å². The number of carbonyl (C=O) groups is 1. The lowest BCUT2D eigenvalue weighted by Crippen LogP contribution is -2.06. The van der Waals surface area contributed by atoms with Crippen LogP contribution in [-0.2, 0) is 6.42 Å². The van der Waals surface area contributed by atoms with Gasteiger partial charge >= 0.3 is 5.97 Å². The Morgan fingerprint density at radius 3 is 2.62 bits per heavy atom. The molecule has 108 valence electrons. The maximum Gasteiger partial charge on any atom is 0.354 e. The molecule has 21 heavy (non-hydrogen) atoms. The molecule has 2 aromatic heterocycles. The van der Waals surface area contributed by atoms with E-state index >= 15 is 0 Å². The molecule has 0 unspecified atom stereocenters. The maximum atomic E-state index is 11.6. The van der Waals surface area contributed by atoms with Crippen molar-refractivity contribution in [3.8, 4) is 11.3 Å². The van der Waals surface area contributed by atoms with Gasteiger partial charge in [0.05, 0.1) is 11.4 Å². The van der Waals surface area contributed by atoms with Crippen LogP contribution in [0.4, 0.5) is 0 Å². The number of thiazole rings is 1. The van der Waals surface area contributed by atoms with Crippen LogP contribution >= 0.6 is 27.3 Å². The van der Waals surface area contributed by atoms with Crippen LogP contribution in [0.25, 0.3) is 16.2 Å². The Bertz CT molecular complexity index is 834. The number of halogens is 1. The number of aromatic carboxylic acids is 1. The second-order valence-corrected chi connectivity index (χ2v) is 6.79. The van der Waals surface area contributed by atoms with Gasteiger partial charge in [0.1, 0.15) is 0 Å². The van der Waals surface area contributed by atoms with Crippen LogP contribution in [0, 0.1) is 6.92 Å². The molecule has 4 nitrogen and oxygen atoms in total. The minimum absolute atomic E-state index is 0.273. The van der Waals surface area contributed by atoms with Crippen LogP contribution in [0.5, 0.6) is 0 Å². The summed E-state index contributed by atoms with van der Waals surface area (Å²) in [5.74, 6) is -0.935. The van der Waals surface area contributed by atoms with Gasteiger partial charge in [0, 0.05) is 9.35 Å². The number of benzene rings is 1. The number of hydrogen-bond acceptors (Lipinski definition) is 3. The Labute approximate surface area is 134 Å². The van der Waals surface area contributed by atoms with Gasteiger partial charge in [-0.25, -0.2) is 9.78 Å². The number of fused-ring (bicyclic) bond motifs is 1. The minimum Gasteiger partial charge on any atom is -0.477 e. The fourth-order valence-electron chi connectivity index (χ4n) is 2.47. The molecule has 1 N–H and O–H groups in total. The molecular formula is C15H13BrN2O2S. The van der Waals surface area contributed by atoms with Crippen molar-refractivity contribution in [1.29, 1.82) is 0 Å². The summed E-state index contributed by atoms with van der Waals surface area (Å²) in [6.07, 6.45) is 0.606. The minimum atomic E-state index is -0.935. The summed E-state index contributed by atoms with van der Waals surface area (Å²) in [6, 6.07) is 7.87. The summed E-state index contributed by atoms with van der Waals surface area (Å²) in [5, 5.41) is 9.54. The summed E-state index contributed by atoms with van der Waals surface area (Å²) in [5.41, 5.74) is 2.80.